The van der Waals surface area contributed by atoms with Gasteiger partial charge in [0.1, 0.15) is 0 Å². The van der Waals surface area contributed by atoms with E-state index >= 15 is 0 Å². The third-order valence-corrected chi connectivity index (χ3v) is 7.11. The van der Waals surface area contributed by atoms with Gasteiger partial charge in [-0.25, -0.2) is 8.42 Å². The van der Waals surface area contributed by atoms with Gasteiger partial charge in [0.05, 0.1) is 16.5 Å². The lowest BCUT2D eigenvalue weighted by Gasteiger charge is -2.19. The smallest absolute Gasteiger partial charge is 0.346 e. The van der Waals surface area contributed by atoms with Crippen molar-refractivity contribution in [2.75, 3.05) is 13.1 Å². The van der Waals surface area contributed by atoms with Crippen LogP contribution in [-0.4, -0.2) is 31.7 Å². The van der Waals surface area contributed by atoms with Gasteiger partial charge in [-0.3, -0.25) is 4.79 Å². The average Bonchev–Trinajstić information content (AvgIpc) is 3.23. The Hall–Kier alpha value is -2.39. The molecule has 0 radical (unpaired) electrons. The highest BCUT2D eigenvalue weighted by molar-refractivity contribution is 7.89. The van der Waals surface area contributed by atoms with Crippen molar-refractivity contribution in [3.63, 3.8) is 0 Å². The Morgan fingerprint density at radius 2 is 1.77 bits per heavy atom. The minimum absolute atomic E-state index is 0.0341. The Morgan fingerprint density at radius 1 is 1.10 bits per heavy atom. The Labute approximate surface area is 173 Å². The van der Waals surface area contributed by atoms with Crippen LogP contribution in [0.4, 0.5) is 13.2 Å². The zero-order valence-corrected chi connectivity index (χ0v) is 17.5. The topological polar surface area (TPSA) is 66.5 Å². The van der Waals surface area contributed by atoms with Gasteiger partial charge in [-0.2, -0.15) is 17.5 Å². The Kier molecular flexibility index (Phi) is 6.24. The second-order valence-electron chi connectivity index (χ2n) is 7.41. The number of aryl methyl sites for hydroxylation is 1. The first-order valence-electron chi connectivity index (χ1n) is 9.59. The largest absolute Gasteiger partial charge is 0.416 e. The standard InChI is InChI=1S/C21H23F3N2O3S/c1-14-8-9-18(30(28,29)26-10-3-4-11-26)13-19(14)20(27)25-15(2)16-6-5-7-17(12-16)21(22,23)24/h5-9,12-13,15H,3-4,10-11H2,1-2H3,(H,25,27)/t15-/m1/s1. The van der Waals surface area contributed by atoms with E-state index in [0.29, 0.717) is 24.2 Å². The molecule has 1 heterocycles. The number of nitrogens with one attached hydrogen (secondary N) is 1. The van der Waals surface area contributed by atoms with Gasteiger partial charge >= 0.3 is 6.18 Å². The molecule has 1 amide bonds. The zero-order valence-electron chi connectivity index (χ0n) is 16.7. The van der Waals surface area contributed by atoms with Gasteiger partial charge in [-0.1, -0.05) is 18.2 Å². The van der Waals surface area contributed by atoms with Crippen LogP contribution in [0.1, 0.15) is 52.9 Å². The van der Waals surface area contributed by atoms with E-state index in [1.807, 2.05) is 0 Å². The number of carbonyl (C=O) groups is 1. The van der Waals surface area contributed by atoms with Crippen LogP contribution >= 0.6 is 0 Å². The Balaban J connectivity index is 1.83. The van der Waals surface area contributed by atoms with Gasteiger partial charge in [0, 0.05) is 18.7 Å². The SMILES string of the molecule is Cc1ccc(S(=O)(=O)N2CCCC2)cc1C(=O)N[C@H](C)c1cccc(C(F)(F)F)c1. The van der Waals surface area contributed by atoms with Crippen LogP contribution in [0.25, 0.3) is 0 Å². The van der Waals surface area contributed by atoms with Crippen LogP contribution in [0.3, 0.4) is 0 Å². The molecule has 0 spiro atoms. The zero-order chi connectivity index (χ0) is 22.1. The van der Waals surface area contributed by atoms with E-state index in [1.54, 1.807) is 19.9 Å². The highest BCUT2D eigenvalue weighted by Gasteiger charge is 2.31. The molecule has 30 heavy (non-hydrogen) atoms. The number of sulfonamides is 1. The molecule has 162 valence electrons. The van der Waals surface area contributed by atoms with E-state index in [1.165, 1.54) is 28.6 Å². The summed E-state index contributed by atoms with van der Waals surface area (Å²) in [6.07, 6.45) is -2.88. The van der Waals surface area contributed by atoms with E-state index in [-0.39, 0.29) is 10.5 Å². The molecule has 0 saturated carbocycles. The predicted molar refractivity (Wildman–Crippen MR) is 106 cm³/mol. The average molecular weight is 440 g/mol. The van der Waals surface area contributed by atoms with Crippen LogP contribution in [0, 0.1) is 6.92 Å². The summed E-state index contributed by atoms with van der Waals surface area (Å²) in [5.41, 5.74) is 0.255. The first-order chi connectivity index (χ1) is 14.0. The maximum Gasteiger partial charge on any atom is 0.416 e. The molecule has 2 aromatic rings. The second-order valence-corrected chi connectivity index (χ2v) is 9.34. The number of hydrogen-bond acceptors (Lipinski definition) is 3. The van der Waals surface area contributed by atoms with Crippen molar-refractivity contribution in [2.45, 2.75) is 43.8 Å². The third-order valence-electron chi connectivity index (χ3n) is 5.22. The van der Waals surface area contributed by atoms with Gasteiger partial charge in [-0.15, -0.1) is 0 Å². The molecule has 1 N–H and O–H groups in total. The summed E-state index contributed by atoms with van der Waals surface area (Å²) >= 11 is 0. The molecule has 0 bridgehead atoms. The van der Waals surface area contributed by atoms with Crippen molar-refractivity contribution in [3.8, 4) is 0 Å². The van der Waals surface area contributed by atoms with E-state index in [4.69, 9.17) is 0 Å². The molecule has 0 unspecified atom stereocenters. The number of benzene rings is 2. The van der Waals surface area contributed by atoms with Crippen LogP contribution in [0.5, 0.6) is 0 Å². The molecule has 5 nitrogen and oxygen atoms in total. The highest BCUT2D eigenvalue weighted by Crippen LogP contribution is 2.31. The molecule has 0 aromatic heterocycles. The number of rotatable bonds is 5. The Morgan fingerprint density at radius 3 is 2.40 bits per heavy atom. The Bertz CT molecular complexity index is 1050. The first kappa shape index (κ1) is 22.3. The summed E-state index contributed by atoms with van der Waals surface area (Å²) in [7, 11) is -3.69. The van der Waals surface area contributed by atoms with Crippen molar-refractivity contribution in [1.82, 2.24) is 9.62 Å². The lowest BCUT2D eigenvalue weighted by molar-refractivity contribution is -0.137. The lowest BCUT2D eigenvalue weighted by Crippen LogP contribution is -2.30. The van der Waals surface area contributed by atoms with Gasteiger partial charge < -0.3 is 5.32 Å². The lowest BCUT2D eigenvalue weighted by atomic mass is 10.0. The van der Waals surface area contributed by atoms with Crippen molar-refractivity contribution in [2.24, 2.45) is 0 Å². The van der Waals surface area contributed by atoms with E-state index in [0.717, 1.165) is 25.0 Å². The number of amides is 1. The maximum absolute atomic E-state index is 12.9. The molecular formula is C21H23F3N2O3S. The van der Waals surface area contributed by atoms with Gasteiger partial charge in [0.15, 0.2) is 0 Å². The van der Waals surface area contributed by atoms with E-state index < -0.39 is 33.7 Å². The van der Waals surface area contributed by atoms with E-state index in [9.17, 15) is 26.4 Å². The second kappa shape index (κ2) is 8.39. The predicted octanol–water partition coefficient (Wildman–Crippen LogP) is 4.29. The molecule has 2 aromatic carbocycles. The quantitative estimate of drug-likeness (QED) is 0.754. The number of alkyl halides is 3. The van der Waals surface area contributed by atoms with Crippen molar-refractivity contribution >= 4 is 15.9 Å². The fourth-order valence-corrected chi connectivity index (χ4v) is 4.97. The van der Waals surface area contributed by atoms with Crippen molar-refractivity contribution < 1.29 is 26.4 Å². The number of carbonyl (C=O) groups excluding carboxylic acids is 1. The van der Waals surface area contributed by atoms with Gasteiger partial charge in [0.25, 0.3) is 5.91 Å². The molecule has 1 aliphatic rings. The van der Waals surface area contributed by atoms with E-state index in [2.05, 4.69) is 5.32 Å². The summed E-state index contributed by atoms with van der Waals surface area (Å²) in [4.78, 5) is 12.8. The first-order valence-corrected chi connectivity index (χ1v) is 11.0. The molecule has 1 aliphatic heterocycles. The maximum atomic E-state index is 12.9. The molecule has 1 fully saturated rings. The number of nitrogens with zero attached hydrogens (tertiary/aromatic N) is 1. The van der Waals surface area contributed by atoms with Gasteiger partial charge in [0.2, 0.25) is 10.0 Å². The number of hydrogen-bond donors (Lipinski definition) is 1. The summed E-state index contributed by atoms with van der Waals surface area (Å²) in [5.74, 6) is -0.545. The highest BCUT2D eigenvalue weighted by atomic mass is 32.2. The number of halogens is 3. The summed E-state index contributed by atoms with van der Waals surface area (Å²) in [5, 5.41) is 2.67. The van der Waals surface area contributed by atoms with Crippen molar-refractivity contribution in [3.05, 3.63) is 64.7 Å². The molecular weight excluding hydrogens is 417 g/mol. The summed E-state index contributed by atoms with van der Waals surface area (Å²) < 4.78 is 65.8. The molecule has 3 rings (SSSR count). The molecule has 9 heteroatoms. The molecule has 1 atom stereocenters. The monoisotopic (exact) mass is 440 g/mol. The van der Waals surface area contributed by atoms with Crippen LogP contribution in [0.2, 0.25) is 0 Å². The minimum Gasteiger partial charge on any atom is -0.346 e. The van der Waals surface area contributed by atoms with Crippen molar-refractivity contribution in [1.29, 1.82) is 0 Å². The van der Waals surface area contributed by atoms with Crippen LogP contribution < -0.4 is 5.32 Å². The fourth-order valence-electron chi connectivity index (χ4n) is 3.43. The minimum atomic E-state index is -4.48. The normalized spacial score (nSPS) is 16.4. The molecule has 0 aliphatic carbocycles. The summed E-state index contributed by atoms with van der Waals surface area (Å²) in [6.45, 7) is 4.15. The summed E-state index contributed by atoms with van der Waals surface area (Å²) in [6, 6.07) is 8.41. The molecule has 1 saturated heterocycles. The van der Waals surface area contributed by atoms with Crippen LogP contribution in [-0.2, 0) is 16.2 Å². The fraction of sp³-hybridized carbons (Fsp3) is 0.381. The van der Waals surface area contributed by atoms with Gasteiger partial charge in [-0.05, 0) is 62.1 Å². The third kappa shape index (κ3) is 4.67. The van der Waals surface area contributed by atoms with Crippen LogP contribution in [0.15, 0.2) is 47.4 Å².